The predicted octanol–water partition coefficient (Wildman–Crippen LogP) is 3.32. The van der Waals surface area contributed by atoms with E-state index in [1.165, 1.54) is 6.26 Å². The SMILES string of the molecule is Cc1ccc(N2C(=O)[C@@H]3[C@@H](SC(N)=C(C#N)[C@H]3c3ccco3)C2=O)cc1Cl. The Morgan fingerprint density at radius 3 is 2.70 bits per heavy atom. The molecule has 1 saturated heterocycles. The van der Waals surface area contributed by atoms with E-state index in [9.17, 15) is 14.9 Å². The number of benzene rings is 1. The Morgan fingerprint density at radius 2 is 2.07 bits per heavy atom. The molecule has 0 unspecified atom stereocenters. The number of imide groups is 1. The van der Waals surface area contributed by atoms with Crippen molar-refractivity contribution in [1.82, 2.24) is 0 Å². The van der Waals surface area contributed by atoms with Gasteiger partial charge in [-0.05, 0) is 36.8 Å². The van der Waals surface area contributed by atoms with E-state index in [2.05, 4.69) is 6.07 Å². The highest BCUT2D eigenvalue weighted by Gasteiger charge is 2.56. The molecule has 6 nitrogen and oxygen atoms in total. The maximum Gasteiger partial charge on any atom is 0.248 e. The van der Waals surface area contributed by atoms with E-state index in [4.69, 9.17) is 21.8 Å². The van der Waals surface area contributed by atoms with Crippen LogP contribution in [0.15, 0.2) is 51.6 Å². The Balaban J connectivity index is 1.82. The van der Waals surface area contributed by atoms with Gasteiger partial charge < -0.3 is 10.2 Å². The Hall–Kier alpha value is -2.69. The number of carbonyl (C=O) groups is 2. The number of furan rings is 1. The summed E-state index contributed by atoms with van der Waals surface area (Å²) in [5, 5.41) is 9.57. The number of anilines is 1. The molecule has 2 aliphatic rings. The van der Waals surface area contributed by atoms with Crippen molar-refractivity contribution >= 4 is 40.9 Å². The lowest BCUT2D eigenvalue weighted by molar-refractivity contribution is -0.122. The summed E-state index contributed by atoms with van der Waals surface area (Å²) >= 11 is 7.23. The molecule has 0 aliphatic carbocycles. The van der Waals surface area contributed by atoms with Crippen LogP contribution in [0.1, 0.15) is 17.2 Å². The first-order valence-corrected chi connectivity index (χ1v) is 9.43. The van der Waals surface area contributed by atoms with Gasteiger partial charge in [0.25, 0.3) is 0 Å². The Kier molecular flexibility index (Phi) is 4.25. The average Bonchev–Trinajstić information content (AvgIpc) is 3.25. The van der Waals surface area contributed by atoms with Crippen LogP contribution in [-0.2, 0) is 9.59 Å². The molecule has 3 atom stereocenters. The molecule has 2 amide bonds. The van der Waals surface area contributed by atoms with Crippen LogP contribution in [0.4, 0.5) is 5.69 Å². The normalized spacial score (nSPS) is 24.9. The zero-order valence-corrected chi connectivity index (χ0v) is 15.8. The molecule has 0 radical (unpaired) electrons. The quantitative estimate of drug-likeness (QED) is 0.777. The number of fused-ring (bicyclic) bond motifs is 1. The van der Waals surface area contributed by atoms with Crippen molar-refractivity contribution in [2.45, 2.75) is 18.1 Å². The van der Waals surface area contributed by atoms with Gasteiger partial charge in [0.15, 0.2) is 0 Å². The molecule has 1 fully saturated rings. The Labute approximate surface area is 164 Å². The van der Waals surface area contributed by atoms with Gasteiger partial charge >= 0.3 is 0 Å². The lowest BCUT2D eigenvalue weighted by Crippen LogP contribution is -2.33. The Bertz CT molecular complexity index is 1030. The van der Waals surface area contributed by atoms with E-state index in [1.807, 2.05) is 6.92 Å². The van der Waals surface area contributed by atoms with Gasteiger partial charge in [-0.1, -0.05) is 29.4 Å². The van der Waals surface area contributed by atoms with Crippen LogP contribution in [0, 0.1) is 24.2 Å². The van der Waals surface area contributed by atoms with Gasteiger partial charge in [0.1, 0.15) is 11.0 Å². The van der Waals surface area contributed by atoms with Crippen LogP contribution in [0.3, 0.4) is 0 Å². The fraction of sp³-hybridized carbons (Fsp3) is 0.211. The number of hydrogen-bond acceptors (Lipinski definition) is 6. The lowest BCUT2D eigenvalue weighted by Gasteiger charge is -2.28. The van der Waals surface area contributed by atoms with Crippen molar-refractivity contribution in [3.05, 3.63) is 63.5 Å². The maximum absolute atomic E-state index is 13.3. The standard InChI is InChI=1S/C19H14ClN3O3S/c1-9-4-5-10(7-12(9)20)23-18(24)15-14(13-3-2-6-26-13)11(8-21)17(22)27-16(15)19(23)25/h2-7,14-16H,22H2,1H3/t14-,15-,16+/m0/s1. The van der Waals surface area contributed by atoms with E-state index in [-0.39, 0.29) is 22.4 Å². The predicted molar refractivity (Wildman–Crippen MR) is 102 cm³/mol. The van der Waals surface area contributed by atoms with E-state index in [0.717, 1.165) is 22.2 Å². The molecule has 27 heavy (non-hydrogen) atoms. The number of rotatable bonds is 2. The third-order valence-electron chi connectivity index (χ3n) is 4.87. The van der Waals surface area contributed by atoms with E-state index >= 15 is 0 Å². The maximum atomic E-state index is 13.3. The first-order chi connectivity index (χ1) is 12.9. The van der Waals surface area contributed by atoms with Gasteiger partial charge in [-0.25, -0.2) is 4.90 Å². The van der Waals surface area contributed by atoms with Crippen molar-refractivity contribution in [3.63, 3.8) is 0 Å². The molecule has 2 N–H and O–H groups in total. The van der Waals surface area contributed by atoms with Crippen LogP contribution in [0.2, 0.25) is 5.02 Å². The summed E-state index contributed by atoms with van der Waals surface area (Å²) in [4.78, 5) is 27.4. The van der Waals surface area contributed by atoms with E-state index in [0.29, 0.717) is 16.5 Å². The number of thioether (sulfide) groups is 1. The first-order valence-electron chi connectivity index (χ1n) is 8.17. The minimum atomic E-state index is -0.768. The molecule has 2 aliphatic heterocycles. The van der Waals surface area contributed by atoms with Crippen LogP contribution in [-0.4, -0.2) is 17.1 Å². The van der Waals surface area contributed by atoms with Crippen molar-refractivity contribution < 1.29 is 14.0 Å². The molecular formula is C19H14ClN3O3S. The summed E-state index contributed by atoms with van der Waals surface area (Å²) in [5.41, 5.74) is 7.56. The van der Waals surface area contributed by atoms with Crippen molar-refractivity contribution in [2.24, 2.45) is 11.7 Å². The largest absolute Gasteiger partial charge is 0.469 e. The molecule has 8 heteroatoms. The second-order valence-electron chi connectivity index (χ2n) is 6.39. The topological polar surface area (TPSA) is 100 Å². The summed E-state index contributed by atoms with van der Waals surface area (Å²) in [5.74, 6) is -1.78. The first kappa shape index (κ1) is 17.7. The third-order valence-corrected chi connectivity index (χ3v) is 6.50. The number of carbonyl (C=O) groups excluding carboxylic acids is 2. The van der Waals surface area contributed by atoms with Crippen LogP contribution in [0.5, 0.6) is 0 Å². The highest BCUT2D eigenvalue weighted by atomic mass is 35.5. The fourth-order valence-electron chi connectivity index (χ4n) is 3.53. The van der Waals surface area contributed by atoms with Crippen LogP contribution in [0.25, 0.3) is 0 Å². The number of nitriles is 1. The summed E-state index contributed by atoms with van der Waals surface area (Å²) in [7, 11) is 0. The number of nitrogens with zero attached hydrogens (tertiary/aromatic N) is 2. The van der Waals surface area contributed by atoms with Gasteiger partial charge in [0.2, 0.25) is 11.8 Å². The number of nitrogens with two attached hydrogens (primary N) is 1. The number of hydrogen-bond donors (Lipinski definition) is 1. The van der Waals surface area contributed by atoms with Gasteiger partial charge in [0.05, 0.1) is 40.5 Å². The van der Waals surface area contributed by atoms with Gasteiger partial charge in [-0.3, -0.25) is 9.59 Å². The minimum Gasteiger partial charge on any atom is -0.469 e. The van der Waals surface area contributed by atoms with E-state index in [1.54, 1.807) is 30.3 Å². The Morgan fingerprint density at radius 1 is 1.30 bits per heavy atom. The van der Waals surface area contributed by atoms with Crippen LogP contribution >= 0.6 is 23.4 Å². The summed E-state index contributed by atoms with van der Waals surface area (Å²) in [6.45, 7) is 1.84. The molecule has 2 aromatic rings. The summed E-state index contributed by atoms with van der Waals surface area (Å²) < 4.78 is 5.47. The van der Waals surface area contributed by atoms with Crippen LogP contribution < -0.4 is 10.6 Å². The van der Waals surface area contributed by atoms with Crippen molar-refractivity contribution in [3.8, 4) is 6.07 Å². The lowest BCUT2D eigenvalue weighted by atomic mass is 9.82. The highest BCUT2D eigenvalue weighted by Crippen LogP contribution is 2.51. The van der Waals surface area contributed by atoms with Gasteiger partial charge in [-0.2, -0.15) is 5.26 Å². The van der Waals surface area contributed by atoms with E-state index < -0.39 is 17.1 Å². The monoisotopic (exact) mass is 399 g/mol. The zero-order chi connectivity index (χ0) is 19.3. The third kappa shape index (κ3) is 2.64. The van der Waals surface area contributed by atoms with Gasteiger partial charge in [-0.15, -0.1) is 0 Å². The summed E-state index contributed by atoms with van der Waals surface area (Å²) in [6, 6.07) is 10.5. The van der Waals surface area contributed by atoms with Gasteiger partial charge in [0, 0.05) is 5.02 Å². The molecule has 4 rings (SSSR count). The number of aryl methyl sites for hydroxylation is 1. The smallest absolute Gasteiger partial charge is 0.248 e. The van der Waals surface area contributed by atoms with Crippen molar-refractivity contribution in [1.29, 1.82) is 5.26 Å². The number of allylic oxidation sites excluding steroid dienone is 1. The average molecular weight is 400 g/mol. The molecule has 136 valence electrons. The second kappa shape index (κ2) is 6.48. The molecule has 1 aromatic heterocycles. The molecule has 0 bridgehead atoms. The molecular weight excluding hydrogens is 386 g/mol. The zero-order valence-electron chi connectivity index (χ0n) is 14.2. The molecule has 3 heterocycles. The number of amides is 2. The van der Waals surface area contributed by atoms with Crippen molar-refractivity contribution in [2.75, 3.05) is 4.90 Å². The molecule has 0 spiro atoms. The summed E-state index contributed by atoms with van der Waals surface area (Å²) in [6.07, 6.45) is 1.47. The highest BCUT2D eigenvalue weighted by molar-refractivity contribution is 8.04. The molecule has 1 aromatic carbocycles. The molecule has 0 saturated carbocycles. The minimum absolute atomic E-state index is 0.241. The fourth-order valence-corrected chi connectivity index (χ4v) is 4.90. The number of halogens is 1. The second-order valence-corrected chi connectivity index (χ2v) is 7.98.